The molecule has 2 aromatic carbocycles. The predicted molar refractivity (Wildman–Crippen MR) is 86.0 cm³/mol. The zero-order chi connectivity index (χ0) is 16.1. The molecule has 1 atom stereocenters. The van der Waals surface area contributed by atoms with Crippen LogP contribution in [0.25, 0.3) is 0 Å². The molecule has 116 valence electrons. The Hall–Kier alpha value is -2.36. The van der Waals surface area contributed by atoms with Crippen LogP contribution in [0.1, 0.15) is 36.6 Å². The van der Waals surface area contributed by atoms with Crippen molar-refractivity contribution in [3.63, 3.8) is 0 Å². The number of hydrogen-bond acceptors (Lipinski definition) is 1. The number of benzene rings is 2. The van der Waals surface area contributed by atoms with E-state index >= 15 is 0 Å². The second-order valence-electron chi connectivity index (χ2n) is 4.93. The molecule has 4 heteroatoms. The number of fused-ring (bicyclic) bond motifs is 1. The van der Waals surface area contributed by atoms with Crippen molar-refractivity contribution in [1.29, 1.82) is 0 Å². The lowest BCUT2D eigenvalue weighted by molar-refractivity contribution is 0.190. The molecule has 0 aliphatic carbocycles. The summed E-state index contributed by atoms with van der Waals surface area (Å²) in [6.45, 7) is 4.58. The molecule has 0 bridgehead atoms. The van der Waals surface area contributed by atoms with Gasteiger partial charge in [-0.2, -0.15) is 0 Å². The fraction of sp³-hybridized carbons (Fsp3) is 0.278. The van der Waals surface area contributed by atoms with E-state index in [4.69, 9.17) is 5.73 Å². The number of nitrogens with zero attached hydrogens (tertiary/aromatic N) is 1. The Morgan fingerprint density at radius 3 is 2.41 bits per heavy atom. The zero-order valence-electron chi connectivity index (χ0n) is 12.9. The van der Waals surface area contributed by atoms with Gasteiger partial charge in [0.25, 0.3) is 0 Å². The van der Waals surface area contributed by atoms with Crippen molar-refractivity contribution in [2.24, 2.45) is 5.73 Å². The summed E-state index contributed by atoms with van der Waals surface area (Å²) in [5, 5.41) is 0. The topological polar surface area (TPSA) is 46.3 Å². The van der Waals surface area contributed by atoms with Crippen LogP contribution < -0.4 is 5.73 Å². The van der Waals surface area contributed by atoms with Crippen LogP contribution in [0.2, 0.25) is 0 Å². The highest BCUT2D eigenvalue weighted by Crippen LogP contribution is 2.34. The predicted octanol–water partition coefficient (Wildman–Crippen LogP) is 3.88. The van der Waals surface area contributed by atoms with Gasteiger partial charge in [-0.25, -0.2) is 9.18 Å². The molecule has 3 rings (SSSR count). The Balaban J connectivity index is 0.000000847. The van der Waals surface area contributed by atoms with Crippen molar-refractivity contribution in [3.05, 3.63) is 71.0 Å². The van der Waals surface area contributed by atoms with Crippen LogP contribution in [0.4, 0.5) is 9.18 Å². The molecule has 3 nitrogen and oxygen atoms in total. The highest BCUT2D eigenvalue weighted by molar-refractivity contribution is 5.74. The Labute approximate surface area is 130 Å². The van der Waals surface area contributed by atoms with E-state index in [1.807, 2.05) is 32.0 Å². The van der Waals surface area contributed by atoms with Crippen LogP contribution in [0, 0.1) is 5.82 Å². The molecular weight excluding hydrogens is 279 g/mol. The fourth-order valence-corrected chi connectivity index (χ4v) is 2.81. The Kier molecular flexibility index (Phi) is 5.15. The lowest BCUT2D eigenvalue weighted by atomic mass is 9.88. The molecule has 22 heavy (non-hydrogen) atoms. The Morgan fingerprint density at radius 1 is 1.14 bits per heavy atom. The van der Waals surface area contributed by atoms with Gasteiger partial charge in [0.2, 0.25) is 0 Å². The summed E-state index contributed by atoms with van der Waals surface area (Å²) in [6, 6.07) is 13.5. The lowest BCUT2D eigenvalue weighted by Crippen LogP contribution is -2.43. The fourth-order valence-electron chi connectivity index (χ4n) is 2.81. The van der Waals surface area contributed by atoms with E-state index in [2.05, 4.69) is 6.07 Å². The quantitative estimate of drug-likeness (QED) is 0.853. The van der Waals surface area contributed by atoms with Gasteiger partial charge in [0.1, 0.15) is 5.82 Å². The van der Waals surface area contributed by atoms with Gasteiger partial charge in [-0.05, 0) is 35.2 Å². The average molecular weight is 300 g/mol. The number of primary amides is 1. The normalized spacial score (nSPS) is 16.3. The molecule has 0 unspecified atom stereocenters. The van der Waals surface area contributed by atoms with E-state index in [0.717, 1.165) is 17.5 Å². The van der Waals surface area contributed by atoms with Crippen LogP contribution in [0.5, 0.6) is 0 Å². The van der Waals surface area contributed by atoms with Gasteiger partial charge < -0.3 is 10.6 Å². The maximum Gasteiger partial charge on any atom is 0.315 e. The summed E-state index contributed by atoms with van der Waals surface area (Å²) >= 11 is 0. The number of carbonyl (C=O) groups is 1. The first-order valence-electron chi connectivity index (χ1n) is 7.56. The monoisotopic (exact) mass is 300 g/mol. The Bertz CT molecular complexity index is 640. The SMILES string of the molecule is CC.NC(=O)N1CCc2ccccc2[C@@H]1c1ccc(F)cc1. The molecular formula is C18H21FN2O. The lowest BCUT2D eigenvalue weighted by Gasteiger charge is -2.36. The highest BCUT2D eigenvalue weighted by atomic mass is 19.1. The van der Waals surface area contributed by atoms with E-state index in [1.54, 1.807) is 17.0 Å². The molecule has 0 radical (unpaired) electrons. The molecule has 0 spiro atoms. The number of halogens is 1. The van der Waals surface area contributed by atoms with Crippen molar-refractivity contribution in [2.75, 3.05) is 6.54 Å². The summed E-state index contributed by atoms with van der Waals surface area (Å²) < 4.78 is 13.1. The minimum Gasteiger partial charge on any atom is -0.351 e. The van der Waals surface area contributed by atoms with Gasteiger partial charge in [0, 0.05) is 6.54 Å². The minimum absolute atomic E-state index is 0.238. The van der Waals surface area contributed by atoms with Gasteiger partial charge in [-0.15, -0.1) is 0 Å². The molecule has 2 amide bonds. The number of hydrogen-bond donors (Lipinski definition) is 1. The second-order valence-corrected chi connectivity index (χ2v) is 4.93. The standard InChI is InChI=1S/C16H15FN2O.C2H6/c17-13-7-5-12(6-8-13)15-14-4-2-1-3-11(14)9-10-19(15)16(18)20;1-2/h1-8,15H,9-10H2,(H2,18,20);1-2H3/t15-;/m0./s1. The first-order chi connectivity index (χ1) is 10.7. The van der Waals surface area contributed by atoms with E-state index in [0.29, 0.717) is 6.54 Å². The van der Waals surface area contributed by atoms with Crippen molar-refractivity contribution in [1.82, 2.24) is 4.90 Å². The molecule has 0 saturated heterocycles. The first-order valence-corrected chi connectivity index (χ1v) is 7.56. The summed E-state index contributed by atoms with van der Waals surface area (Å²) in [7, 11) is 0. The van der Waals surface area contributed by atoms with Crippen LogP contribution in [-0.4, -0.2) is 17.5 Å². The largest absolute Gasteiger partial charge is 0.351 e. The number of amides is 2. The third kappa shape index (κ3) is 3.11. The number of carbonyl (C=O) groups excluding carboxylic acids is 1. The second kappa shape index (κ2) is 7.07. The van der Waals surface area contributed by atoms with Gasteiger partial charge >= 0.3 is 6.03 Å². The molecule has 2 N–H and O–H groups in total. The summed E-state index contributed by atoms with van der Waals surface area (Å²) in [4.78, 5) is 13.3. The van der Waals surface area contributed by atoms with Crippen LogP contribution in [0.15, 0.2) is 48.5 Å². The molecule has 1 heterocycles. The smallest absolute Gasteiger partial charge is 0.315 e. The molecule has 0 fully saturated rings. The number of urea groups is 1. The van der Waals surface area contributed by atoms with Crippen LogP contribution in [0.3, 0.4) is 0 Å². The van der Waals surface area contributed by atoms with Gasteiger partial charge in [-0.1, -0.05) is 50.2 Å². The number of nitrogens with two attached hydrogens (primary N) is 1. The Morgan fingerprint density at radius 2 is 1.77 bits per heavy atom. The first kappa shape index (κ1) is 16.0. The minimum atomic E-state index is -0.450. The summed E-state index contributed by atoms with van der Waals surface area (Å²) in [5.41, 5.74) is 8.63. The van der Waals surface area contributed by atoms with E-state index in [-0.39, 0.29) is 11.9 Å². The molecule has 0 aromatic heterocycles. The third-order valence-corrected chi connectivity index (χ3v) is 3.75. The number of rotatable bonds is 1. The highest BCUT2D eigenvalue weighted by Gasteiger charge is 2.30. The average Bonchev–Trinajstić information content (AvgIpc) is 2.56. The van der Waals surface area contributed by atoms with E-state index < -0.39 is 6.03 Å². The van der Waals surface area contributed by atoms with E-state index in [9.17, 15) is 9.18 Å². The van der Waals surface area contributed by atoms with Crippen molar-refractivity contribution in [2.45, 2.75) is 26.3 Å². The third-order valence-electron chi connectivity index (χ3n) is 3.75. The van der Waals surface area contributed by atoms with Crippen LogP contribution in [-0.2, 0) is 6.42 Å². The molecule has 1 aliphatic rings. The molecule has 2 aromatic rings. The maximum atomic E-state index is 13.1. The summed E-state index contributed by atoms with van der Waals surface area (Å²) in [6.07, 6.45) is 0.789. The van der Waals surface area contributed by atoms with Crippen molar-refractivity contribution >= 4 is 6.03 Å². The zero-order valence-corrected chi connectivity index (χ0v) is 12.9. The van der Waals surface area contributed by atoms with Gasteiger partial charge in [-0.3, -0.25) is 0 Å². The molecule has 1 aliphatic heterocycles. The summed E-state index contributed by atoms with van der Waals surface area (Å²) in [5.74, 6) is -0.288. The van der Waals surface area contributed by atoms with E-state index in [1.165, 1.54) is 17.7 Å². The van der Waals surface area contributed by atoms with Gasteiger partial charge in [0.15, 0.2) is 0 Å². The maximum absolute atomic E-state index is 13.1. The van der Waals surface area contributed by atoms with Crippen molar-refractivity contribution in [3.8, 4) is 0 Å². The van der Waals surface area contributed by atoms with Gasteiger partial charge in [0.05, 0.1) is 6.04 Å². The van der Waals surface area contributed by atoms with Crippen molar-refractivity contribution < 1.29 is 9.18 Å². The van der Waals surface area contributed by atoms with Crippen LogP contribution >= 0.6 is 0 Å². The molecule has 0 saturated carbocycles.